The van der Waals surface area contributed by atoms with Gasteiger partial charge in [-0.15, -0.1) is 0 Å². The number of aliphatic hydroxyl groups is 1. The van der Waals surface area contributed by atoms with Crippen molar-refractivity contribution < 1.29 is 19.1 Å². The van der Waals surface area contributed by atoms with Crippen LogP contribution in [0.25, 0.3) is 0 Å². The molecule has 0 saturated heterocycles. The van der Waals surface area contributed by atoms with Crippen molar-refractivity contribution >= 4 is 11.7 Å². The number of benzene rings is 1. The molecule has 0 heterocycles. The van der Waals surface area contributed by atoms with Crippen LogP contribution in [0.2, 0.25) is 0 Å². The first-order valence-electron chi connectivity index (χ1n) is 6.71. The summed E-state index contributed by atoms with van der Waals surface area (Å²) in [5.41, 5.74) is 0.617. The number of rotatable bonds is 5. The fourth-order valence-corrected chi connectivity index (χ4v) is 2.25. The zero-order chi connectivity index (χ0) is 14.7. The van der Waals surface area contributed by atoms with E-state index in [4.69, 9.17) is 0 Å². The van der Waals surface area contributed by atoms with Gasteiger partial charge < -0.3 is 10.4 Å². The second kappa shape index (κ2) is 6.13. The molecule has 0 aliphatic heterocycles. The minimum atomic E-state index is -0.756. The molecule has 5 heteroatoms. The Labute approximate surface area is 117 Å². The number of nitrogens with one attached hydrogen (secondary N) is 1. The quantitative estimate of drug-likeness (QED) is 0.862. The van der Waals surface area contributed by atoms with Crippen LogP contribution in [0.3, 0.4) is 0 Å². The Balaban J connectivity index is 1.81. The number of Topliss-reactive ketones (excluding diaryl/α,β-unsaturated/α-hetero) is 1. The Hall–Kier alpha value is -1.75. The molecule has 1 aromatic rings. The van der Waals surface area contributed by atoms with Crippen molar-refractivity contribution in [3.63, 3.8) is 0 Å². The van der Waals surface area contributed by atoms with Gasteiger partial charge in [0.05, 0.1) is 12.0 Å². The maximum atomic E-state index is 12.8. The predicted molar refractivity (Wildman–Crippen MR) is 71.3 cm³/mol. The summed E-state index contributed by atoms with van der Waals surface area (Å²) in [5, 5.41) is 12.8. The van der Waals surface area contributed by atoms with Crippen LogP contribution in [0, 0.1) is 11.7 Å². The molecule has 20 heavy (non-hydrogen) atoms. The molecule has 1 aliphatic carbocycles. The van der Waals surface area contributed by atoms with Crippen molar-refractivity contribution in [2.75, 3.05) is 0 Å². The van der Waals surface area contributed by atoms with Crippen LogP contribution in [-0.4, -0.2) is 22.8 Å². The van der Waals surface area contributed by atoms with E-state index in [1.165, 1.54) is 24.3 Å². The molecule has 108 valence electrons. The highest BCUT2D eigenvalue weighted by Gasteiger charge is 2.33. The molecule has 0 aromatic heterocycles. The highest BCUT2D eigenvalue weighted by atomic mass is 19.1. The third-order valence-corrected chi connectivity index (χ3v) is 3.54. The fraction of sp³-hybridized carbons (Fsp3) is 0.467. The molecule has 0 radical (unpaired) electrons. The molecule has 1 saturated carbocycles. The Kier molecular flexibility index (Phi) is 4.49. The number of aliphatic hydroxyl groups excluding tert-OH is 1. The lowest BCUT2D eigenvalue weighted by Gasteiger charge is -2.26. The van der Waals surface area contributed by atoms with Crippen LogP contribution >= 0.6 is 0 Å². The smallest absolute Gasteiger partial charge is 0.224 e. The summed E-state index contributed by atoms with van der Waals surface area (Å²) in [4.78, 5) is 22.6. The van der Waals surface area contributed by atoms with E-state index in [1.54, 1.807) is 6.92 Å². The van der Waals surface area contributed by atoms with Gasteiger partial charge in [0, 0.05) is 18.9 Å². The monoisotopic (exact) mass is 279 g/mol. The van der Waals surface area contributed by atoms with E-state index >= 15 is 0 Å². The summed E-state index contributed by atoms with van der Waals surface area (Å²) in [6, 6.07) is 5.43. The first kappa shape index (κ1) is 14.7. The topological polar surface area (TPSA) is 66.4 Å². The largest absolute Gasteiger partial charge is 0.388 e. The number of hydrogen-bond acceptors (Lipinski definition) is 3. The summed E-state index contributed by atoms with van der Waals surface area (Å²) < 4.78 is 12.8. The van der Waals surface area contributed by atoms with Crippen LogP contribution in [0.1, 0.15) is 37.9 Å². The van der Waals surface area contributed by atoms with Crippen molar-refractivity contribution in [3.8, 4) is 0 Å². The third kappa shape index (κ3) is 3.63. The molecule has 2 unspecified atom stereocenters. The lowest BCUT2D eigenvalue weighted by Crippen LogP contribution is -2.43. The molecule has 2 N–H and O–H groups in total. The van der Waals surface area contributed by atoms with E-state index in [0.29, 0.717) is 24.8 Å². The van der Waals surface area contributed by atoms with E-state index in [9.17, 15) is 19.1 Å². The summed E-state index contributed by atoms with van der Waals surface area (Å²) in [6.07, 6.45) is 0.227. The van der Waals surface area contributed by atoms with Crippen molar-refractivity contribution in [3.05, 3.63) is 35.6 Å². The standard InChI is InChI=1S/C15H18FNO3/c1-9(17-15(20)11-7-13(18)8-11)6-14(19)10-2-4-12(16)5-3-10/h2-5,9,11,14,19H,6-8H2,1H3,(H,17,20). The number of halogens is 1. The van der Waals surface area contributed by atoms with Crippen molar-refractivity contribution in [1.29, 1.82) is 0 Å². The van der Waals surface area contributed by atoms with Gasteiger partial charge in [-0.3, -0.25) is 9.59 Å². The average molecular weight is 279 g/mol. The van der Waals surface area contributed by atoms with E-state index in [1.807, 2.05) is 0 Å². The minimum absolute atomic E-state index is 0.115. The maximum Gasteiger partial charge on any atom is 0.224 e. The van der Waals surface area contributed by atoms with Gasteiger partial charge >= 0.3 is 0 Å². The first-order valence-corrected chi connectivity index (χ1v) is 6.71. The maximum absolute atomic E-state index is 12.8. The second-order valence-electron chi connectivity index (χ2n) is 5.36. The molecule has 1 fully saturated rings. The first-order chi connectivity index (χ1) is 9.45. The predicted octanol–water partition coefficient (Wildman–Crippen LogP) is 1.73. The van der Waals surface area contributed by atoms with Gasteiger partial charge in [0.2, 0.25) is 5.91 Å². The lowest BCUT2D eigenvalue weighted by molar-refractivity contribution is -0.138. The molecule has 0 spiro atoms. The zero-order valence-electron chi connectivity index (χ0n) is 11.3. The van der Waals surface area contributed by atoms with Gasteiger partial charge in [0.1, 0.15) is 11.6 Å². The number of hydrogen-bond donors (Lipinski definition) is 2. The molecule has 2 rings (SSSR count). The highest BCUT2D eigenvalue weighted by Crippen LogP contribution is 2.24. The molecule has 1 aliphatic rings. The molecule has 1 aromatic carbocycles. The van der Waals surface area contributed by atoms with Crippen LogP contribution in [0.15, 0.2) is 24.3 Å². The second-order valence-corrected chi connectivity index (χ2v) is 5.36. The normalized spacial score (nSPS) is 18.2. The fourth-order valence-electron chi connectivity index (χ4n) is 2.25. The minimum Gasteiger partial charge on any atom is -0.388 e. The van der Waals surface area contributed by atoms with Gasteiger partial charge in [0.15, 0.2) is 0 Å². The SMILES string of the molecule is CC(CC(O)c1ccc(F)cc1)NC(=O)C1CC(=O)C1. The van der Waals surface area contributed by atoms with Crippen molar-refractivity contribution in [2.45, 2.75) is 38.3 Å². The summed E-state index contributed by atoms with van der Waals surface area (Å²) in [7, 11) is 0. The summed E-state index contributed by atoms with van der Waals surface area (Å²) in [6.45, 7) is 1.80. The van der Waals surface area contributed by atoms with Crippen LogP contribution in [-0.2, 0) is 9.59 Å². The van der Waals surface area contributed by atoms with E-state index in [-0.39, 0.29) is 29.5 Å². The summed E-state index contributed by atoms with van der Waals surface area (Å²) in [5.74, 6) is -0.586. The highest BCUT2D eigenvalue weighted by molar-refractivity contribution is 5.96. The Morgan fingerprint density at radius 3 is 2.55 bits per heavy atom. The molecule has 1 amide bonds. The lowest BCUT2D eigenvalue weighted by atomic mass is 9.83. The van der Waals surface area contributed by atoms with E-state index in [2.05, 4.69) is 5.32 Å². The van der Waals surface area contributed by atoms with Gasteiger partial charge in [-0.2, -0.15) is 0 Å². The number of amides is 1. The van der Waals surface area contributed by atoms with Crippen molar-refractivity contribution in [2.24, 2.45) is 5.92 Å². The van der Waals surface area contributed by atoms with Crippen LogP contribution in [0.4, 0.5) is 4.39 Å². The third-order valence-electron chi connectivity index (χ3n) is 3.54. The molecule has 2 atom stereocenters. The number of ketones is 1. The van der Waals surface area contributed by atoms with Gasteiger partial charge in [-0.25, -0.2) is 4.39 Å². The van der Waals surface area contributed by atoms with Gasteiger partial charge in [-0.05, 0) is 31.0 Å². The van der Waals surface area contributed by atoms with Crippen molar-refractivity contribution in [1.82, 2.24) is 5.32 Å². The average Bonchev–Trinajstić information content (AvgIpc) is 2.35. The zero-order valence-corrected chi connectivity index (χ0v) is 11.3. The van der Waals surface area contributed by atoms with E-state index in [0.717, 1.165) is 0 Å². The molecule has 4 nitrogen and oxygen atoms in total. The Morgan fingerprint density at radius 1 is 1.40 bits per heavy atom. The molecular weight excluding hydrogens is 261 g/mol. The van der Waals surface area contributed by atoms with E-state index < -0.39 is 6.10 Å². The molecular formula is C15H18FNO3. The Morgan fingerprint density at radius 2 is 2.00 bits per heavy atom. The van der Waals surface area contributed by atoms with Gasteiger partial charge in [-0.1, -0.05) is 12.1 Å². The van der Waals surface area contributed by atoms with Gasteiger partial charge in [0.25, 0.3) is 0 Å². The Bertz CT molecular complexity index is 492. The van der Waals surface area contributed by atoms with Crippen LogP contribution < -0.4 is 5.32 Å². The number of carbonyl (C=O) groups is 2. The summed E-state index contributed by atoms with van der Waals surface area (Å²) >= 11 is 0. The molecule has 0 bridgehead atoms. The van der Waals surface area contributed by atoms with Crippen LogP contribution in [0.5, 0.6) is 0 Å². The number of carbonyl (C=O) groups excluding carboxylic acids is 2.